The van der Waals surface area contributed by atoms with E-state index in [9.17, 15) is 9.59 Å². The van der Waals surface area contributed by atoms with Gasteiger partial charge >= 0.3 is 5.69 Å². The maximum absolute atomic E-state index is 12.7. The second-order valence-corrected chi connectivity index (χ2v) is 6.24. The number of ether oxygens (including phenoxy) is 2. The third kappa shape index (κ3) is 3.48. The number of aromatic amines is 2. The fourth-order valence-corrected chi connectivity index (χ4v) is 3.05. The minimum atomic E-state index is -0.281. The number of carbonyl (C=O) groups excluding carboxylic acids is 1. The van der Waals surface area contributed by atoms with Gasteiger partial charge in [0.2, 0.25) is 0 Å². The highest BCUT2D eigenvalue weighted by atomic mass is 16.5. The van der Waals surface area contributed by atoms with Crippen molar-refractivity contribution < 1.29 is 14.3 Å². The number of para-hydroxylation sites is 1. The first-order valence-electron chi connectivity index (χ1n) is 8.56. The number of imidazole rings is 1. The van der Waals surface area contributed by atoms with Crippen LogP contribution >= 0.6 is 0 Å². The molecule has 7 heteroatoms. The quantitative estimate of drug-likeness (QED) is 0.657. The van der Waals surface area contributed by atoms with Gasteiger partial charge in [-0.2, -0.15) is 0 Å². The average Bonchev–Trinajstić information content (AvgIpc) is 3.28. The van der Waals surface area contributed by atoms with Gasteiger partial charge in [0.1, 0.15) is 12.4 Å². The Morgan fingerprint density at radius 2 is 2.04 bits per heavy atom. The predicted octanol–water partition coefficient (Wildman–Crippen LogP) is 2.67. The Hall–Kier alpha value is -3.06. The second kappa shape index (κ2) is 7.05. The maximum atomic E-state index is 12.7. The number of amides is 1. The normalized spacial score (nSPS) is 16.7. The van der Waals surface area contributed by atoms with Crippen LogP contribution in [0.15, 0.2) is 47.3 Å². The molecule has 2 aromatic carbocycles. The van der Waals surface area contributed by atoms with E-state index in [0.29, 0.717) is 34.6 Å². The lowest BCUT2D eigenvalue weighted by Crippen LogP contribution is -2.19. The van der Waals surface area contributed by atoms with Crippen molar-refractivity contribution in [3.05, 3.63) is 58.5 Å². The molecule has 1 atom stereocenters. The maximum Gasteiger partial charge on any atom is 0.323 e. The van der Waals surface area contributed by atoms with Crippen LogP contribution in [0.5, 0.6) is 5.75 Å². The number of hydrogen-bond acceptors (Lipinski definition) is 4. The Kier molecular flexibility index (Phi) is 4.45. The molecule has 1 aliphatic heterocycles. The highest BCUT2D eigenvalue weighted by molar-refractivity contribution is 6.06. The Labute approximate surface area is 149 Å². The largest absolute Gasteiger partial charge is 0.490 e. The van der Waals surface area contributed by atoms with Gasteiger partial charge in [0, 0.05) is 12.3 Å². The third-order valence-corrected chi connectivity index (χ3v) is 4.35. The van der Waals surface area contributed by atoms with Crippen molar-refractivity contribution in [1.82, 2.24) is 9.97 Å². The third-order valence-electron chi connectivity index (χ3n) is 4.35. The van der Waals surface area contributed by atoms with E-state index in [4.69, 9.17) is 9.47 Å². The van der Waals surface area contributed by atoms with Crippen LogP contribution in [0.1, 0.15) is 23.2 Å². The number of nitrogens with one attached hydrogen (secondary N) is 3. The highest BCUT2D eigenvalue weighted by Gasteiger charge is 2.18. The number of rotatable bonds is 5. The number of aromatic nitrogens is 2. The second-order valence-electron chi connectivity index (χ2n) is 6.24. The highest BCUT2D eigenvalue weighted by Crippen LogP contribution is 2.22. The molecule has 4 rings (SSSR count). The topological polar surface area (TPSA) is 96.2 Å². The van der Waals surface area contributed by atoms with Crippen molar-refractivity contribution >= 4 is 22.6 Å². The van der Waals surface area contributed by atoms with E-state index in [1.807, 2.05) is 6.07 Å². The molecule has 1 saturated heterocycles. The molecule has 0 aliphatic carbocycles. The molecule has 0 spiro atoms. The minimum Gasteiger partial charge on any atom is -0.490 e. The number of carbonyl (C=O) groups is 1. The average molecular weight is 353 g/mol. The van der Waals surface area contributed by atoms with Crippen LogP contribution in [-0.4, -0.2) is 35.2 Å². The zero-order valence-electron chi connectivity index (χ0n) is 14.1. The van der Waals surface area contributed by atoms with Gasteiger partial charge in [0.05, 0.1) is 22.7 Å². The predicted molar refractivity (Wildman–Crippen MR) is 97.8 cm³/mol. The zero-order valence-corrected chi connectivity index (χ0v) is 14.1. The number of H-pyrrole nitrogens is 2. The molecule has 1 aliphatic rings. The zero-order chi connectivity index (χ0) is 17.9. The summed E-state index contributed by atoms with van der Waals surface area (Å²) in [5.41, 5.74) is 2.08. The number of anilines is 1. The van der Waals surface area contributed by atoms with Crippen LogP contribution < -0.4 is 15.7 Å². The molecular formula is C19H19N3O4. The van der Waals surface area contributed by atoms with E-state index in [0.717, 1.165) is 19.4 Å². The molecule has 3 aromatic rings. The molecule has 3 N–H and O–H groups in total. The lowest BCUT2D eigenvalue weighted by atomic mass is 10.1. The van der Waals surface area contributed by atoms with Crippen molar-refractivity contribution in [1.29, 1.82) is 0 Å². The van der Waals surface area contributed by atoms with Crippen molar-refractivity contribution in [3.63, 3.8) is 0 Å². The summed E-state index contributed by atoms with van der Waals surface area (Å²) < 4.78 is 11.4. The van der Waals surface area contributed by atoms with Crippen LogP contribution in [-0.2, 0) is 4.74 Å². The van der Waals surface area contributed by atoms with Crippen LogP contribution in [0.2, 0.25) is 0 Å². The molecule has 0 saturated carbocycles. The molecule has 1 amide bonds. The summed E-state index contributed by atoms with van der Waals surface area (Å²) in [5.74, 6) is 0.252. The van der Waals surface area contributed by atoms with Gasteiger partial charge in [-0.15, -0.1) is 0 Å². The Morgan fingerprint density at radius 3 is 2.88 bits per heavy atom. The van der Waals surface area contributed by atoms with Gasteiger partial charge in [0.25, 0.3) is 5.91 Å². The molecule has 134 valence electrons. The molecule has 1 aromatic heterocycles. The van der Waals surface area contributed by atoms with Gasteiger partial charge in [-0.25, -0.2) is 4.79 Å². The molecule has 2 heterocycles. The Bertz CT molecular complexity index is 986. The molecular weight excluding hydrogens is 334 g/mol. The van der Waals surface area contributed by atoms with Crippen molar-refractivity contribution in [2.75, 3.05) is 18.5 Å². The SMILES string of the molecule is O=C(Nc1ccc2[nH]c(=O)[nH]c2c1)c1ccccc1OC[C@H]1CCCO1. The summed E-state index contributed by atoms with van der Waals surface area (Å²) in [6.45, 7) is 1.20. The molecule has 7 nitrogen and oxygen atoms in total. The van der Waals surface area contributed by atoms with Crippen LogP contribution in [0.3, 0.4) is 0 Å². The van der Waals surface area contributed by atoms with Gasteiger partial charge in [-0.05, 0) is 43.2 Å². The van der Waals surface area contributed by atoms with Gasteiger partial charge in [-0.3, -0.25) is 4.79 Å². The molecule has 26 heavy (non-hydrogen) atoms. The lowest BCUT2D eigenvalue weighted by molar-refractivity contribution is 0.0673. The van der Waals surface area contributed by atoms with E-state index in [2.05, 4.69) is 15.3 Å². The summed E-state index contributed by atoms with van der Waals surface area (Å²) in [6.07, 6.45) is 2.10. The first kappa shape index (κ1) is 16.4. The standard InChI is InChI=1S/C19H19N3O4/c23-18(20-12-7-8-15-16(10-12)22-19(24)21-15)14-5-1-2-6-17(14)26-11-13-4-3-9-25-13/h1-2,5-8,10,13H,3-4,9,11H2,(H,20,23)(H2,21,22,24)/t13-/m1/s1. The van der Waals surface area contributed by atoms with Crippen LogP contribution in [0.25, 0.3) is 11.0 Å². The molecule has 1 fully saturated rings. The summed E-state index contributed by atoms with van der Waals surface area (Å²) in [4.78, 5) is 29.4. The van der Waals surface area contributed by atoms with Crippen LogP contribution in [0.4, 0.5) is 5.69 Å². The molecule has 0 bridgehead atoms. The molecule has 0 radical (unpaired) electrons. The van der Waals surface area contributed by atoms with Crippen LogP contribution in [0, 0.1) is 0 Å². The lowest BCUT2D eigenvalue weighted by Gasteiger charge is -2.14. The van der Waals surface area contributed by atoms with Crippen molar-refractivity contribution in [3.8, 4) is 5.75 Å². The van der Waals surface area contributed by atoms with E-state index in [1.165, 1.54) is 0 Å². The summed E-state index contributed by atoms with van der Waals surface area (Å²) >= 11 is 0. The number of benzene rings is 2. The van der Waals surface area contributed by atoms with Gasteiger partial charge < -0.3 is 24.8 Å². The first-order valence-corrected chi connectivity index (χ1v) is 8.56. The van der Waals surface area contributed by atoms with Gasteiger partial charge in [0.15, 0.2) is 0 Å². The Morgan fingerprint density at radius 1 is 1.19 bits per heavy atom. The fraction of sp³-hybridized carbons (Fsp3) is 0.263. The van der Waals surface area contributed by atoms with Crippen molar-refractivity contribution in [2.24, 2.45) is 0 Å². The first-order chi connectivity index (χ1) is 12.7. The van der Waals surface area contributed by atoms with E-state index < -0.39 is 0 Å². The summed E-state index contributed by atoms with van der Waals surface area (Å²) in [7, 11) is 0. The summed E-state index contributed by atoms with van der Waals surface area (Å²) in [6, 6.07) is 12.3. The van der Waals surface area contributed by atoms with E-state index in [-0.39, 0.29) is 17.7 Å². The number of fused-ring (bicyclic) bond motifs is 1. The number of hydrogen-bond donors (Lipinski definition) is 3. The fourth-order valence-electron chi connectivity index (χ4n) is 3.05. The van der Waals surface area contributed by atoms with Crippen molar-refractivity contribution in [2.45, 2.75) is 18.9 Å². The van der Waals surface area contributed by atoms with Gasteiger partial charge in [-0.1, -0.05) is 12.1 Å². The van der Waals surface area contributed by atoms with E-state index in [1.54, 1.807) is 36.4 Å². The Balaban J connectivity index is 1.50. The minimum absolute atomic E-state index is 0.0824. The van der Waals surface area contributed by atoms with E-state index >= 15 is 0 Å². The smallest absolute Gasteiger partial charge is 0.323 e. The molecule has 0 unspecified atom stereocenters. The summed E-state index contributed by atoms with van der Waals surface area (Å²) in [5, 5.41) is 2.84. The monoisotopic (exact) mass is 353 g/mol.